The Morgan fingerprint density at radius 2 is 2.00 bits per heavy atom. The van der Waals surface area contributed by atoms with Gasteiger partial charge in [-0.2, -0.15) is 0 Å². The topological polar surface area (TPSA) is 98.5 Å². The normalized spacial score (nSPS) is 11.8. The van der Waals surface area contributed by atoms with Crippen LogP contribution in [0.5, 0.6) is 0 Å². The molecule has 3 aromatic rings. The van der Waals surface area contributed by atoms with Gasteiger partial charge in [0.1, 0.15) is 17.0 Å². The number of carbonyl (C=O) groups is 2. The van der Waals surface area contributed by atoms with Gasteiger partial charge in [-0.15, -0.1) is 0 Å². The van der Waals surface area contributed by atoms with Crippen LogP contribution < -0.4 is 10.9 Å². The van der Waals surface area contributed by atoms with Crippen LogP contribution in [-0.2, 0) is 9.53 Å². The van der Waals surface area contributed by atoms with E-state index in [1.165, 1.54) is 25.3 Å². The third-order valence-corrected chi connectivity index (χ3v) is 3.72. The number of nitrogens with one attached hydrogen (secondary N) is 1. The number of pyridine rings is 1. The number of ether oxygens (including phenoxy) is 1. The highest BCUT2D eigenvalue weighted by Crippen LogP contribution is 2.14. The van der Waals surface area contributed by atoms with E-state index in [1.54, 1.807) is 30.3 Å². The summed E-state index contributed by atoms with van der Waals surface area (Å²) in [5.41, 5.74) is -0.762. The third kappa shape index (κ3) is 3.89. The maximum absolute atomic E-state index is 12.2. The maximum atomic E-state index is 12.2. The molecule has 26 heavy (non-hydrogen) atoms. The van der Waals surface area contributed by atoms with Crippen molar-refractivity contribution in [1.29, 1.82) is 0 Å². The van der Waals surface area contributed by atoms with Crippen molar-refractivity contribution in [3.63, 3.8) is 0 Å². The quantitative estimate of drug-likeness (QED) is 0.558. The van der Waals surface area contributed by atoms with Gasteiger partial charge in [-0.05, 0) is 31.2 Å². The second-order valence-electron chi connectivity index (χ2n) is 5.38. The summed E-state index contributed by atoms with van der Waals surface area (Å²) in [6, 6.07) is 11.2. The minimum Gasteiger partial charge on any atom is -0.449 e. The monoisotopic (exact) mass is 372 g/mol. The Morgan fingerprint density at radius 1 is 1.23 bits per heavy atom. The number of rotatable bonds is 4. The summed E-state index contributed by atoms with van der Waals surface area (Å²) in [4.78, 5) is 40.2. The second-order valence-corrected chi connectivity index (χ2v) is 5.82. The standard InChI is InChI=1S/C18H13ClN2O5/c1-10(16(22)21-15-7-6-12(19)9-20-15)25-17(23)13-8-11-4-2-3-5-14(11)26-18(13)24/h2-10H,1H3,(H,20,21,22)/t10-/m0/s1. The van der Waals surface area contributed by atoms with Crippen LogP contribution in [0.1, 0.15) is 17.3 Å². The van der Waals surface area contributed by atoms with Crippen LogP contribution in [0.15, 0.2) is 57.9 Å². The minimum atomic E-state index is -1.15. The van der Waals surface area contributed by atoms with E-state index in [-0.39, 0.29) is 11.4 Å². The maximum Gasteiger partial charge on any atom is 0.351 e. The second kappa shape index (κ2) is 7.37. The van der Waals surface area contributed by atoms with Crippen molar-refractivity contribution in [1.82, 2.24) is 4.98 Å². The molecule has 7 nitrogen and oxygen atoms in total. The lowest BCUT2D eigenvalue weighted by Crippen LogP contribution is -2.31. The number of aromatic nitrogens is 1. The Kier molecular flexibility index (Phi) is 4.99. The molecule has 0 saturated carbocycles. The van der Waals surface area contributed by atoms with Crippen LogP contribution in [0.3, 0.4) is 0 Å². The molecule has 0 fully saturated rings. The molecule has 1 atom stereocenters. The van der Waals surface area contributed by atoms with Crippen molar-refractivity contribution in [2.24, 2.45) is 0 Å². The molecule has 0 radical (unpaired) electrons. The SMILES string of the molecule is C[C@H](OC(=O)c1cc2ccccc2oc1=O)C(=O)Nc1ccc(Cl)cn1. The van der Waals surface area contributed by atoms with E-state index in [2.05, 4.69) is 10.3 Å². The number of anilines is 1. The molecule has 2 aromatic heterocycles. The van der Waals surface area contributed by atoms with Gasteiger partial charge in [0.15, 0.2) is 6.10 Å². The lowest BCUT2D eigenvalue weighted by molar-refractivity contribution is -0.123. The smallest absolute Gasteiger partial charge is 0.351 e. The van der Waals surface area contributed by atoms with Crippen molar-refractivity contribution in [3.8, 4) is 0 Å². The van der Waals surface area contributed by atoms with Crippen molar-refractivity contribution in [2.75, 3.05) is 5.32 Å². The fraction of sp³-hybridized carbons (Fsp3) is 0.111. The van der Waals surface area contributed by atoms with Crippen molar-refractivity contribution in [2.45, 2.75) is 13.0 Å². The highest BCUT2D eigenvalue weighted by atomic mass is 35.5. The lowest BCUT2D eigenvalue weighted by atomic mass is 10.2. The average Bonchev–Trinajstić information content (AvgIpc) is 2.62. The largest absolute Gasteiger partial charge is 0.449 e. The Labute approximate surface area is 152 Å². The molecule has 1 N–H and O–H groups in total. The zero-order chi connectivity index (χ0) is 18.7. The molecule has 0 aliphatic heterocycles. The van der Waals surface area contributed by atoms with E-state index in [0.717, 1.165) is 0 Å². The summed E-state index contributed by atoms with van der Waals surface area (Å²) in [6.07, 6.45) is 0.222. The van der Waals surface area contributed by atoms with Crippen LogP contribution in [0.25, 0.3) is 11.0 Å². The molecule has 0 bridgehead atoms. The first-order chi connectivity index (χ1) is 12.4. The summed E-state index contributed by atoms with van der Waals surface area (Å²) >= 11 is 5.72. The number of fused-ring (bicyclic) bond motifs is 1. The predicted octanol–water partition coefficient (Wildman–Crippen LogP) is 3.03. The first-order valence-corrected chi connectivity index (χ1v) is 7.98. The van der Waals surface area contributed by atoms with Gasteiger partial charge in [0.05, 0.1) is 5.02 Å². The van der Waals surface area contributed by atoms with Crippen molar-refractivity contribution < 1.29 is 18.7 Å². The Hall–Kier alpha value is -3.19. The van der Waals surface area contributed by atoms with Gasteiger partial charge in [0.2, 0.25) is 0 Å². The molecule has 2 heterocycles. The van der Waals surface area contributed by atoms with Gasteiger partial charge >= 0.3 is 11.6 Å². The minimum absolute atomic E-state index is 0.257. The molecule has 1 amide bonds. The Balaban J connectivity index is 1.72. The summed E-state index contributed by atoms with van der Waals surface area (Å²) < 4.78 is 10.1. The summed E-state index contributed by atoms with van der Waals surface area (Å²) in [6.45, 7) is 1.38. The number of amides is 1. The van der Waals surface area contributed by atoms with Crippen LogP contribution in [0.2, 0.25) is 5.02 Å². The molecule has 1 aromatic carbocycles. The van der Waals surface area contributed by atoms with Crippen LogP contribution in [0, 0.1) is 0 Å². The molecule has 3 rings (SSSR count). The van der Waals surface area contributed by atoms with Gasteiger partial charge in [0, 0.05) is 11.6 Å². The van der Waals surface area contributed by atoms with E-state index in [0.29, 0.717) is 16.0 Å². The first kappa shape index (κ1) is 17.6. The summed E-state index contributed by atoms with van der Waals surface area (Å²) in [5.74, 6) is -1.29. The average molecular weight is 373 g/mol. The first-order valence-electron chi connectivity index (χ1n) is 7.60. The molecular formula is C18H13ClN2O5. The molecule has 8 heteroatoms. The van der Waals surface area contributed by atoms with Gasteiger partial charge < -0.3 is 14.5 Å². The summed E-state index contributed by atoms with van der Waals surface area (Å²) in [7, 11) is 0. The molecule has 0 spiro atoms. The fourth-order valence-electron chi connectivity index (χ4n) is 2.16. The number of carbonyl (C=O) groups excluding carboxylic acids is 2. The number of halogens is 1. The van der Waals surface area contributed by atoms with Crippen molar-refractivity contribution in [3.05, 3.63) is 69.7 Å². The zero-order valence-corrected chi connectivity index (χ0v) is 14.3. The predicted molar refractivity (Wildman–Crippen MR) is 95.2 cm³/mol. The number of esters is 1. The van der Waals surface area contributed by atoms with Gasteiger partial charge in [-0.3, -0.25) is 4.79 Å². The molecule has 0 aliphatic carbocycles. The van der Waals surface area contributed by atoms with E-state index >= 15 is 0 Å². The van der Waals surface area contributed by atoms with E-state index in [1.807, 2.05) is 0 Å². The van der Waals surface area contributed by atoms with Gasteiger partial charge in [0.25, 0.3) is 5.91 Å². The van der Waals surface area contributed by atoms with E-state index in [4.69, 9.17) is 20.8 Å². The highest BCUT2D eigenvalue weighted by Gasteiger charge is 2.22. The van der Waals surface area contributed by atoms with Crippen LogP contribution in [0.4, 0.5) is 5.82 Å². The van der Waals surface area contributed by atoms with Gasteiger partial charge in [-0.25, -0.2) is 14.6 Å². The van der Waals surface area contributed by atoms with E-state index in [9.17, 15) is 14.4 Å². The number of hydrogen-bond donors (Lipinski definition) is 1. The molecular weight excluding hydrogens is 360 g/mol. The highest BCUT2D eigenvalue weighted by molar-refractivity contribution is 6.30. The number of benzene rings is 1. The molecule has 132 valence electrons. The van der Waals surface area contributed by atoms with Gasteiger partial charge in [-0.1, -0.05) is 29.8 Å². The van der Waals surface area contributed by atoms with Crippen LogP contribution >= 0.6 is 11.6 Å². The number of hydrogen-bond acceptors (Lipinski definition) is 6. The molecule has 0 unspecified atom stereocenters. The van der Waals surface area contributed by atoms with E-state index < -0.39 is 23.6 Å². The summed E-state index contributed by atoms with van der Waals surface area (Å²) in [5, 5.41) is 3.48. The Bertz CT molecular complexity index is 1030. The Morgan fingerprint density at radius 3 is 2.73 bits per heavy atom. The number of para-hydroxylation sites is 1. The third-order valence-electron chi connectivity index (χ3n) is 3.49. The van der Waals surface area contributed by atoms with Crippen molar-refractivity contribution >= 4 is 40.3 Å². The molecule has 0 aliphatic rings. The lowest BCUT2D eigenvalue weighted by Gasteiger charge is -2.13. The van der Waals surface area contributed by atoms with Crippen LogP contribution in [-0.4, -0.2) is 23.0 Å². The number of nitrogens with zero attached hydrogens (tertiary/aromatic N) is 1. The molecule has 0 saturated heterocycles. The fourth-order valence-corrected chi connectivity index (χ4v) is 2.27. The zero-order valence-electron chi connectivity index (χ0n) is 13.6.